The second kappa shape index (κ2) is 7.07. The third-order valence-corrected chi connectivity index (χ3v) is 4.47. The number of nitrogens with one attached hydrogen (secondary N) is 1. The van der Waals surface area contributed by atoms with Gasteiger partial charge in [-0.2, -0.15) is 0 Å². The van der Waals surface area contributed by atoms with E-state index in [2.05, 4.69) is 10.3 Å². The monoisotopic (exact) mass is 351 g/mol. The van der Waals surface area contributed by atoms with Crippen molar-refractivity contribution in [3.05, 3.63) is 48.0 Å². The maximum atomic E-state index is 12.4. The summed E-state index contributed by atoms with van der Waals surface area (Å²) in [5, 5.41) is 2.94. The van der Waals surface area contributed by atoms with E-state index in [1.54, 1.807) is 0 Å². The number of fused-ring (bicyclic) bond motifs is 2. The highest BCUT2D eigenvalue weighted by Gasteiger charge is 2.14. The number of rotatable bonds is 5. The number of para-hydroxylation sites is 2. The van der Waals surface area contributed by atoms with E-state index < -0.39 is 0 Å². The van der Waals surface area contributed by atoms with Crippen molar-refractivity contribution in [3.8, 4) is 11.5 Å². The molecule has 0 aliphatic carbocycles. The first-order valence-electron chi connectivity index (χ1n) is 8.88. The van der Waals surface area contributed by atoms with Crippen molar-refractivity contribution in [1.29, 1.82) is 0 Å². The molecule has 0 radical (unpaired) electrons. The summed E-state index contributed by atoms with van der Waals surface area (Å²) in [6, 6.07) is 13.7. The molecule has 1 aliphatic heterocycles. The summed E-state index contributed by atoms with van der Waals surface area (Å²) < 4.78 is 13.1. The van der Waals surface area contributed by atoms with Crippen molar-refractivity contribution >= 4 is 22.9 Å². The molecule has 0 saturated heterocycles. The van der Waals surface area contributed by atoms with Crippen molar-refractivity contribution in [3.63, 3.8) is 0 Å². The van der Waals surface area contributed by atoms with Gasteiger partial charge in [0.1, 0.15) is 13.2 Å². The van der Waals surface area contributed by atoms with Crippen LogP contribution < -0.4 is 14.8 Å². The third kappa shape index (κ3) is 3.22. The van der Waals surface area contributed by atoms with Crippen LogP contribution >= 0.6 is 0 Å². The summed E-state index contributed by atoms with van der Waals surface area (Å²) in [5.41, 5.74) is 2.96. The second-order valence-electron chi connectivity index (χ2n) is 6.19. The largest absolute Gasteiger partial charge is 0.486 e. The standard InChI is InChI=1S/C20H21N3O3/c1-2-23-16-6-4-3-5-15(16)21-20(23)22-19(24)10-8-14-7-9-17-18(13-14)26-12-11-25-17/h3-7,9,13H,2,8,10-12H2,1H3,(H,21,22,24). The second-order valence-corrected chi connectivity index (χ2v) is 6.19. The number of anilines is 1. The number of hydrogen-bond acceptors (Lipinski definition) is 4. The van der Waals surface area contributed by atoms with Gasteiger partial charge in [0, 0.05) is 13.0 Å². The molecule has 3 aromatic rings. The van der Waals surface area contributed by atoms with Gasteiger partial charge in [-0.1, -0.05) is 18.2 Å². The molecule has 1 N–H and O–H groups in total. The van der Waals surface area contributed by atoms with E-state index in [1.807, 2.05) is 54.0 Å². The molecular weight excluding hydrogens is 330 g/mol. The Bertz CT molecular complexity index is 949. The van der Waals surface area contributed by atoms with E-state index in [-0.39, 0.29) is 5.91 Å². The molecule has 1 amide bonds. The highest BCUT2D eigenvalue weighted by molar-refractivity contribution is 5.91. The maximum Gasteiger partial charge on any atom is 0.227 e. The first kappa shape index (κ1) is 16.4. The number of nitrogens with zero attached hydrogens (tertiary/aromatic N) is 2. The van der Waals surface area contributed by atoms with Crippen molar-refractivity contribution in [2.75, 3.05) is 18.5 Å². The van der Waals surface area contributed by atoms with Crippen LogP contribution in [0.2, 0.25) is 0 Å². The minimum atomic E-state index is -0.0510. The normalized spacial score (nSPS) is 13.0. The number of carbonyl (C=O) groups is 1. The van der Waals surface area contributed by atoms with Gasteiger partial charge in [-0.3, -0.25) is 10.1 Å². The highest BCUT2D eigenvalue weighted by atomic mass is 16.6. The van der Waals surface area contributed by atoms with Crippen LogP contribution in [0.15, 0.2) is 42.5 Å². The Morgan fingerprint density at radius 2 is 1.96 bits per heavy atom. The van der Waals surface area contributed by atoms with Gasteiger partial charge in [0.15, 0.2) is 11.5 Å². The molecule has 0 bridgehead atoms. The van der Waals surface area contributed by atoms with Gasteiger partial charge in [-0.05, 0) is 43.2 Å². The molecule has 6 heteroatoms. The minimum absolute atomic E-state index is 0.0510. The predicted molar refractivity (Wildman–Crippen MR) is 99.8 cm³/mol. The van der Waals surface area contributed by atoms with Gasteiger partial charge in [-0.25, -0.2) is 4.98 Å². The van der Waals surface area contributed by atoms with Gasteiger partial charge in [0.25, 0.3) is 0 Å². The number of imidazole rings is 1. The number of ether oxygens (including phenoxy) is 2. The molecule has 1 aliphatic rings. The zero-order chi connectivity index (χ0) is 17.9. The predicted octanol–water partition coefficient (Wildman–Crippen LogP) is 3.40. The number of benzene rings is 2. The molecule has 4 rings (SSSR count). The van der Waals surface area contributed by atoms with Crippen molar-refractivity contribution in [2.24, 2.45) is 0 Å². The lowest BCUT2D eigenvalue weighted by Crippen LogP contribution is -2.17. The molecule has 2 heterocycles. The SMILES string of the molecule is CCn1c(NC(=O)CCc2ccc3c(c2)OCCO3)nc2ccccc21. The summed E-state index contributed by atoms with van der Waals surface area (Å²) in [7, 11) is 0. The van der Waals surface area contributed by atoms with Gasteiger partial charge in [-0.15, -0.1) is 0 Å². The summed E-state index contributed by atoms with van der Waals surface area (Å²) in [6.07, 6.45) is 1.02. The lowest BCUT2D eigenvalue weighted by Gasteiger charge is -2.18. The minimum Gasteiger partial charge on any atom is -0.486 e. The number of aromatic nitrogens is 2. The number of carbonyl (C=O) groups excluding carboxylic acids is 1. The van der Waals surface area contributed by atoms with Crippen LogP contribution in [0, 0.1) is 0 Å². The van der Waals surface area contributed by atoms with Crippen LogP contribution in [-0.4, -0.2) is 28.7 Å². The molecule has 1 aromatic heterocycles. The molecule has 26 heavy (non-hydrogen) atoms. The number of amides is 1. The molecular formula is C20H21N3O3. The van der Waals surface area contributed by atoms with Gasteiger partial charge in [0.05, 0.1) is 11.0 Å². The molecule has 0 saturated carbocycles. The number of hydrogen-bond donors (Lipinski definition) is 1. The first-order chi connectivity index (χ1) is 12.7. The highest BCUT2D eigenvalue weighted by Crippen LogP contribution is 2.31. The van der Waals surface area contributed by atoms with Crippen molar-refractivity contribution < 1.29 is 14.3 Å². The Balaban J connectivity index is 1.43. The lowest BCUT2D eigenvalue weighted by atomic mass is 10.1. The average Bonchev–Trinajstić information content (AvgIpc) is 3.03. The van der Waals surface area contributed by atoms with E-state index in [9.17, 15) is 4.79 Å². The van der Waals surface area contributed by atoms with Gasteiger partial charge < -0.3 is 14.0 Å². The van der Waals surface area contributed by atoms with Crippen LogP contribution in [0.3, 0.4) is 0 Å². The molecule has 6 nitrogen and oxygen atoms in total. The van der Waals surface area contributed by atoms with Crippen LogP contribution in [0.4, 0.5) is 5.95 Å². The Morgan fingerprint density at radius 1 is 1.15 bits per heavy atom. The van der Waals surface area contributed by atoms with Crippen molar-refractivity contribution in [1.82, 2.24) is 9.55 Å². The van der Waals surface area contributed by atoms with E-state index in [0.717, 1.165) is 34.6 Å². The van der Waals surface area contributed by atoms with Gasteiger partial charge >= 0.3 is 0 Å². The van der Waals surface area contributed by atoms with E-state index in [1.165, 1.54) is 0 Å². The summed E-state index contributed by atoms with van der Waals surface area (Å²) >= 11 is 0. The fraction of sp³-hybridized carbons (Fsp3) is 0.300. The Labute approximate surface area is 151 Å². The Kier molecular flexibility index (Phi) is 4.48. The molecule has 0 unspecified atom stereocenters. The quantitative estimate of drug-likeness (QED) is 0.765. The zero-order valence-electron chi connectivity index (χ0n) is 14.7. The zero-order valence-corrected chi connectivity index (χ0v) is 14.7. The summed E-state index contributed by atoms with van der Waals surface area (Å²) in [6.45, 7) is 3.93. The van der Waals surface area contributed by atoms with Crippen LogP contribution in [0.5, 0.6) is 11.5 Å². The van der Waals surface area contributed by atoms with E-state index in [4.69, 9.17) is 9.47 Å². The maximum absolute atomic E-state index is 12.4. The fourth-order valence-corrected chi connectivity index (χ4v) is 3.18. The van der Waals surface area contributed by atoms with Crippen LogP contribution in [0.1, 0.15) is 18.9 Å². The first-order valence-corrected chi connectivity index (χ1v) is 8.88. The number of aryl methyl sites for hydroxylation is 2. The van der Waals surface area contributed by atoms with Crippen LogP contribution in [-0.2, 0) is 17.8 Å². The van der Waals surface area contributed by atoms with Crippen LogP contribution in [0.25, 0.3) is 11.0 Å². The average molecular weight is 351 g/mol. The van der Waals surface area contributed by atoms with Crippen molar-refractivity contribution in [2.45, 2.75) is 26.3 Å². The molecule has 0 spiro atoms. The third-order valence-electron chi connectivity index (χ3n) is 4.47. The smallest absolute Gasteiger partial charge is 0.227 e. The Hall–Kier alpha value is -3.02. The Morgan fingerprint density at radius 3 is 2.81 bits per heavy atom. The topological polar surface area (TPSA) is 65.4 Å². The summed E-state index contributed by atoms with van der Waals surface area (Å²) in [5.74, 6) is 2.06. The van der Waals surface area contributed by atoms with Gasteiger partial charge in [0.2, 0.25) is 11.9 Å². The molecule has 0 atom stereocenters. The molecule has 2 aromatic carbocycles. The van der Waals surface area contributed by atoms with E-state index in [0.29, 0.717) is 32.0 Å². The lowest BCUT2D eigenvalue weighted by molar-refractivity contribution is -0.116. The molecule has 0 fully saturated rings. The fourth-order valence-electron chi connectivity index (χ4n) is 3.18. The van der Waals surface area contributed by atoms with E-state index >= 15 is 0 Å². The summed E-state index contributed by atoms with van der Waals surface area (Å²) in [4.78, 5) is 16.9. The molecule has 134 valence electrons.